The first kappa shape index (κ1) is 22.7. The average molecular weight is 436 g/mol. The zero-order valence-electron chi connectivity index (χ0n) is 19.6. The molecule has 1 amide bonds. The normalized spacial score (nSPS) is 20.2. The molecule has 6 heteroatoms. The topological polar surface area (TPSA) is 59.9 Å². The van der Waals surface area contributed by atoms with Crippen LogP contribution in [0.1, 0.15) is 44.4 Å². The number of nitrogens with zero attached hydrogens (tertiary/aromatic N) is 4. The second-order valence-corrected chi connectivity index (χ2v) is 9.24. The van der Waals surface area contributed by atoms with E-state index in [1.165, 1.54) is 11.3 Å². The minimum atomic E-state index is -0.900. The molecule has 2 aliphatic heterocycles. The van der Waals surface area contributed by atoms with Crippen LogP contribution < -0.4 is 9.80 Å². The molecule has 3 heterocycles. The fourth-order valence-electron chi connectivity index (χ4n) is 4.92. The molecular formula is C26H36N4O2. The third-order valence-electron chi connectivity index (χ3n) is 7.32. The van der Waals surface area contributed by atoms with Gasteiger partial charge in [0.05, 0.1) is 17.6 Å². The molecule has 1 atom stereocenters. The molecular weight excluding hydrogens is 399 g/mol. The summed E-state index contributed by atoms with van der Waals surface area (Å²) in [5, 5.41) is 10.7. The average Bonchev–Trinajstić information content (AvgIpc) is 3.19. The number of rotatable bonds is 7. The number of carbonyl (C=O) groups is 1. The molecule has 1 unspecified atom stereocenters. The van der Waals surface area contributed by atoms with Crippen molar-refractivity contribution in [2.75, 3.05) is 49.6 Å². The van der Waals surface area contributed by atoms with Crippen LogP contribution in [0.3, 0.4) is 0 Å². The first-order valence-electron chi connectivity index (χ1n) is 12.0. The molecule has 1 aromatic heterocycles. The molecule has 2 fully saturated rings. The molecule has 2 aromatic rings. The van der Waals surface area contributed by atoms with Crippen molar-refractivity contribution in [3.8, 4) is 0 Å². The Balaban J connectivity index is 1.46. The smallest absolute Gasteiger partial charge is 0.230 e. The van der Waals surface area contributed by atoms with Crippen LogP contribution in [0.25, 0.3) is 0 Å². The molecule has 0 aliphatic carbocycles. The molecule has 2 aliphatic rings. The van der Waals surface area contributed by atoms with E-state index in [1.54, 1.807) is 6.20 Å². The summed E-state index contributed by atoms with van der Waals surface area (Å²) in [5.41, 5.74) is 3.14. The van der Waals surface area contributed by atoms with E-state index in [0.29, 0.717) is 25.1 Å². The monoisotopic (exact) mass is 435 g/mol. The number of hydrogen-bond donors (Lipinski definition) is 1. The van der Waals surface area contributed by atoms with Crippen molar-refractivity contribution in [2.45, 2.75) is 45.1 Å². The summed E-state index contributed by atoms with van der Waals surface area (Å²) in [4.78, 5) is 24.4. The Morgan fingerprint density at radius 1 is 1.03 bits per heavy atom. The molecule has 32 heavy (non-hydrogen) atoms. The van der Waals surface area contributed by atoms with Gasteiger partial charge in [-0.3, -0.25) is 9.78 Å². The number of hydrogen-bond acceptors (Lipinski definition) is 5. The Kier molecular flexibility index (Phi) is 6.82. The molecule has 0 radical (unpaired) electrons. The summed E-state index contributed by atoms with van der Waals surface area (Å²) in [6, 6.07) is 12.3. The molecule has 4 rings (SSSR count). The Hall–Kier alpha value is -2.44. The molecule has 2 saturated heterocycles. The van der Waals surface area contributed by atoms with Crippen molar-refractivity contribution in [2.24, 2.45) is 5.92 Å². The van der Waals surface area contributed by atoms with Gasteiger partial charge in [-0.25, -0.2) is 0 Å². The van der Waals surface area contributed by atoms with Gasteiger partial charge in [0.15, 0.2) is 0 Å². The van der Waals surface area contributed by atoms with Crippen molar-refractivity contribution in [1.29, 1.82) is 0 Å². The van der Waals surface area contributed by atoms with E-state index in [-0.39, 0.29) is 11.8 Å². The van der Waals surface area contributed by atoms with E-state index in [0.717, 1.165) is 44.7 Å². The number of aromatic nitrogens is 1. The van der Waals surface area contributed by atoms with Gasteiger partial charge in [-0.15, -0.1) is 0 Å². The largest absolute Gasteiger partial charge is 0.384 e. The summed E-state index contributed by atoms with van der Waals surface area (Å²) in [7, 11) is 2.17. The Labute approximate surface area is 191 Å². The van der Waals surface area contributed by atoms with E-state index >= 15 is 0 Å². The Morgan fingerprint density at radius 3 is 2.41 bits per heavy atom. The highest BCUT2D eigenvalue weighted by molar-refractivity contribution is 5.97. The maximum atomic E-state index is 13.3. The lowest BCUT2D eigenvalue weighted by Crippen LogP contribution is -2.44. The van der Waals surface area contributed by atoms with Gasteiger partial charge in [-0.05, 0) is 56.5 Å². The van der Waals surface area contributed by atoms with E-state index in [9.17, 15) is 9.90 Å². The van der Waals surface area contributed by atoms with E-state index in [4.69, 9.17) is 0 Å². The second-order valence-electron chi connectivity index (χ2n) is 9.24. The second kappa shape index (κ2) is 9.59. The van der Waals surface area contributed by atoms with Crippen LogP contribution in [0.2, 0.25) is 0 Å². The predicted octanol–water partition coefficient (Wildman–Crippen LogP) is 3.44. The van der Waals surface area contributed by atoms with Gasteiger partial charge >= 0.3 is 0 Å². The standard InChI is InChI=1S/C26H36N4O2/c1-4-26(32,5-2)24-11-10-22(19-27-24)30-13-12-21(25(30)31)18-20-8-6-7-9-23(20)29-16-14-28(3)15-17-29/h6-11,19,21,32H,4-5,12-18H2,1-3H3/i3-1. The van der Waals surface area contributed by atoms with Gasteiger partial charge in [0, 0.05) is 44.3 Å². The van der Waals surface area contributed by atoms with Crippen LogP contribution in [-0.4, -0.2) is 60.7 Å². The maximum Gasteiger partial charge on any atom is 0.230 e. The first-order valence-corrected chi connectivity index (χ1v) is 12.0. The number of piperazine rings is 1. The third-order valence-corrected chi connectivity index (χ3v) is 7.32. The summed E-state index contributed by atoms with van der Waals surface area (Å²) in [5.74, 6) is 0.167. The molecule has 6 nitrogen and oxygen atoms in total. The molecule has 1 N–H and O–H groups in total. The third kappa shape index (κ3) is 4.52. The minimum absolute atomic E-state index is 0.00786. The van der Waals surface area contributed by atoms with Gasteiger partial charge in [0.2, 0.25) is 5.91 Å². The zero-order chi connectivity index (χ0) is 22.7. The van der Waals surface area contributed by atoms with Crippen molar-refractivity contribution >= 4 is 17.3 Å². The number of pyridine rings is 1. The lowest BCUT2D eigenvalue weighted by atomic mass is 9.93. The van der Waals surface area contributed by atoms with Crippen LogP contribution in [0.5, 0.6) is 0 Å². The number of aliphatic hydroxyl groups is 1. The summed E-state index contributed by atoms with van der Waals surface area (Å²) >= 11 is 0. The number of carbonyl (C=O) groups excluding carboxylic acids is 1. The van der Waals surface area contributed by atoms with Gasteiger partial charge in [-0.1, -0.05) is 32.0 Å². The van der Waals surface area contributed by atoms with Crippen LogP contribution in [0.4, 0.5) is 11.4 Å². The maximum absolute atomic E-state index is 13.3. The summed E-state index contributed by atoms with van der Waals surface area (Å²) in [6.07, 6.45) is 4.60. The van der Waals surface area contributed by atoms with Crippen molar-refractivity contribution in [3.05, 3.63) is 53.9 Å². The first-order chi connectivity index (χ1) is 15.4. The van der Waals surface area contributed by atoms with Crippen LogP contribution in [0.15, 0.2) is 42.6 Å². The quantitative estimate of drug-likeness (QED) is 0.722. The summed E-state index contributed by atoms with van der Waals surface area (Å²) in [6.45, 7) is 8.84. The highest BCUT2D eigenvalue weighted by Crippen LogP contribution is 2.32. The van der Waals surface area contributed by atoms with Crippen LogP contribution in [0, 0.1) is 5.92 Å². The highest BCUT2D eigenvalue weighted by atomic mass is 16.3. The Bertz CT molecular complexity index is 918. The number of anilines is 2. The lowest BCUT2D eigenvalue weighted by molar-refractivity contribution is -0.120. The van der Waals surface area contributed by atoms with E-state index in [2.05, 4.69) is 46.1 Å². The SMILES string of the molecule is CCC(O)(CC)c1ccc(N2CCC(Cc3ccccc3N3CCN([11CH3])CC3)C2=O)cn1. The minimum Gasteiger partial charge on any atom is -0.384 e. The number of benzene rings is 1. The molecule has 0 saturated carbocycles. The molecule has 0 bridgehead atoms. The van der Waals surface area contributed by atoms with Crippen molar-refractivity contribution in [1.82, 2.24) is 9.88 Å². The zero-order valence-corrected chi connectivity index (χ0v) is 19.6. The fourth-order valence-corrected chi connectivity index (χ4v) is 4.92. The lowest BCUT2D eigenvalue weighted by Gasteiger charge is -2.35. The van der Waals surface area contributed by atoms with E-state index < -0.39 is 5.60 Å². The molecule has 0 spiro atoms. The predicted molar refractivity (Wildman–Crippen MR) is 129 cm³/mol. The van der Waals surface area contributed by atoms with Crippen molar-refractivity contribution < 1.29 is 9.90 Å². The van der Waals surface area contributed by atoms with Crippen LogP contribution in [-0.2, 0) is 16.8 Å². The highest BCUT2D eigenvalue weighted by Gasteiger charge is 2.34. The molecule has 1 aromatic carbocycles. The number of para-hydroxylation sites is 1. The fraction of sp³-hybridized carbons (Fsp3) is 0.538. The van der Waals surface area contributed by atoms with Crippen LogP contribution >= 0.6 is 0 Å². The van der Waals surface area contributed by atoms with E-state index in [1.807, 2.05) is 30.9 Å². The van der Waals surface area contributed by atoms with Gasteiger partial charge in [0.1, 0.15) is 5.60 Å². The summed E-state index contributed by atoms with van der Waals surface area (Å²) < 4.78 is 0. The number of likely N-dealkylation sites (N-methyl/N-ethyl adjacent to an activating group) is 1. The molecule has 172 valence electrons. The van der Waals surface area contributed by atoms with Crippen molar-refractivity contribution in [3.63, 3.8) is 0 Å². The van der Waals surface area contributed by atoms with Gasteiger partial charge < -0.3 is 19.8 Å². The number of amides is 1. The Morgan fingerprint density at radius 2 is 1.75 bits per heavy atom. The van der Waals surface area contributed by atoms with Gasteiger partial charge in [-0.2, -0.15) is 0 Å². The van der Waals surface area contributed by atoms with Gasteiger partial charge in [0.25, 0.3) is 0 Å².